The summed E-state index contributed by atoms with van der Waals surface area (Å²) in [4.78, 5) is 7.77. The van der Waals surface area contributed by atoms with Gasteiger partial charge >= 0.3 is 0 Å². The highest BCUT2D eigenvalue weighted by Gasteiger charge is 2.14. The minimum atomic E-state index is -0.133. The number of guanidine groups is 2. The molecule has 0 amide bonds. The van der Waals surface area contributed by atoms with Crippen LogP contribution in [0.5, 0.6) is 11.5 Å². The Kier molecular flexibility index (Phi) is 3.22. The molecule has 96 valence electrons. The second-order valence-corrected chi connectivity index (χ2v) is 3.79. The Bertz CT molecular complexity index is 520. The first-order valence-electron chi connectivity index (χ1n) is 5.40. The Hall–Kier alpha value is -2.44. The molecule has 7 heteroatoms. The smallest absolute Gasteiger partial charge is 0.223 e. The van der Waals surface area contributed by atoms with Gasteiger partial charge in [-0.3, -0.25) is 0 Å². The molecule has 0 spiro atoms. The highest BCUT2D eigenvalue weighted by Crippen LogP contribution is 2.36. The Morgan fingerprint density at radius 2 is 1.72 bits per heavy atom. The topological polar surface area (TPSA) is 121 Å². The van der Waals surface area contributed by atoms with Crippen molar-refractivity contribution >= 4 is 17.6 Å². The Balaban J connectivity index is 2.37. The number of nitrogens with zero attached hydrogens (tertiary/aromatic N) is 2. The number of ether oxygens (including phenoxy) is 2. The number of benzene rings is 1. The number of aryl methyl sites for hydroxylation is 1. The van der Waals surface area contributed by atoms with E-state index >= 15 is 0 Å². The summed E-state index contributed by atoms with van der Waals surface area (Å²) in [6.45, 7) is 2.95. The average Bonchev–Trinajstić information content (AvgIpc) is 2.29. The monoisotopic (exact) mass is 249 g/mol. The molecule has 2 rings (SSSR count). The van der Waals surface area contributed by atoms with Gasteiger partial charge in [-0.1, -0.05) is 0 Å². The molecule has 0 fully saturated rings. The summed E-state index contributed by atoms with van der Waals surface area (Å²) in [5, 5.41) is 0. The van der Waals surface area contributed by atoms with Crippen LogP contribution in [0.25, 0.3) is 0 Å². The van der Waals surface area contributed by atoms with Crippen LogP contribution in [0, 0.1) is 6.92 Å². The maximum Gasteiger partial charge on any atom is 0.223 e. The fourth-order valence-corrected chi connectivity index (χ4v) is 1.58. The van der Waals surface area contributed by atoms with Crippen molar-refractivity contribution in [1.82, 2.24) is 0 Å². The highest BCUT2D eigenvalue weighted by atomic mass is 16.6. The zero-order valence-electron chi connectivity index (χ0n) is 10.0. The predicted molar refractivity (Wildman–Crippen MR) is 69.3 cm³/mol. The minimum Gasteiger partial charge on any atom is -0.486 e. The molecule has 0 unspecified atom stereocenters. The fraction of sp³-hybridized carbons (Fsp3) is 0.273. The lowest BCUT2D eigenvalue weighted by molar-refractivity contribution is 0.171. The lowest BCUT2D eigenvalue weighted by atomic mass is 10.1. The van der Waals surface area contributed by atoms with E-state index in [1.165, 1.54) is 0 Å². The van der Waals surface area contributed by atoms with Crippen molar-refractivity contribution in [2.75, 3.05) is 13.2 Å². The van der Waals surface area contributed by atoms with Crippen molar-refractivity contribution < 1.29 is 9.47 Å². The third kappa shape index (κ3) is 2.62. The van der Waals surface area contributed by atoms with Gasteiger partial charge in [0.2, 0.25) is 5.96 Å². The first-order valence-corrected chi connectivity index (χ1v) is 5.40. The summed E-state index contributed by atoms with van der Waals surface area (Å²) in [5.74, 6) is 1.21. The van der Waals surface area contributed by atoms with Crippen LogP contribution in [0.1, 0.15) is 5.56 Å². The molecule has 1 aliphatic rings. The molecule has 1 aromatic carbocycles. The third-order valence-electron chi connectivity index (χ3n) is 2.34. The first-order chi connectivity index (χ1) is 8.56. The van der Waals surface area contributed by atoms with Crippen LogP contribution >= 0.6 is 0 Å². The zero-order valence-corrected chi connectivity index (χ0v) is 10.0. The molecular weight excluding hydrogens is 234 g/mol. The van der Waals surface area contributed by atoms with E-state index in [2.05, 4.69) is 9.98 Å². The maximum atomic E-state index is 5.58. The van der Waals surface area contributed by atoms with Crippen LogP contribution in [0.4, 0.5) is 5.69 Å². The van der Waals surface area contributed by atoms with E-state index in [1.54, 1.807) is 6.07 Å². The Labute approximate surface area is 104 Å². The number of fused-ring (bicyclic) bond motifs is 1. The maximum absolute atomic E-state index is 5.58. The van der Waals surface area contributed by atoms with Gasteiger partial charge < -0.3 is 26.7 Å². The number of aliphatic imine (C=N–C) groups is 2. The second-order valence-electron chi connectivity index (χ2n) is 3.79. The van der Waals surface area contributed by atoms with Crippen LogP contribution in [0.15, 0.2) is 22.1 Å². The number of hydrogen-bond acceptors (Lipinski definition) is 3. The molecule has 0 radical (unpaired) electrons. The van der Waals surface area contributed by atoms with Crippen molar-refractivity contribution in [3.05, 3.63) is 17.7 Å². The number of nitrogens with two attached hydrogens (primary N) is 3. The normalized spacial score (nSPS) is 14.2. The SMILES string of the molecule is Cc1cc2c(cc1N=C(N)N=C(N)N)OCCO2. The van der Waals surface area contributed by atoms with Gasteiger partial charge in [-0.2, -0.15) is 4.99 Å². The molecule has 6 N–H and O–H groups in total. The van der Waals surface area contributed by atoms with Gasteiger partial charge in [-0.25, -0.2) is 4.99 Å². The van der Waals surface area contributed by atoms with E-state index in [0.29, 0.717) is 30.4 Å². The zero-order chi connectivity index (χ0) is 13.1. The summed E-state index contributed by atoms with van der Waals surface area (Å²) in [6, 6.07) is 3.59. The lowest BCUT2D eigenvalue weighted by Gasteiger charge is -2.19. The van der Waals surface area contributed by atoms with Gasteiger partial charge in [0.25, 0.3) is 0 Å². The van der Waals surface area contributed by atoms with Crippen molar-refractivity contribution in [1.29, 1.82) is 0 Å². The molecule has 0 aromatic heterocycles. The molecule has 7 nitrogen and oxygen atoms in total. The summed E-state index contributed by atoms with van der Waals surface area (Å²) < 4.78 is 10.9. The molecule has 18 heavy (non-hydrogen) atoms. The number of rotatable bonds is 1. The van der Waals surface area contributed by atoms with E-state index in [4.69, 9.17) is 26.7 Å². The molecule has 0 atom stereocenters. The molecular formula is C11H15N5O2. The van der Waals surface area contributed by atoms with Crippen LogP contribution in [-0.4, -0.2) is 25.1 Å². The van der Waals surface area contributed by atoms with Crippen molar-refractivity contribution in [2.24, 2.45) is 27.2 Å². The van der Waals surface area contributed by atoms with Crippen LogP contribution < -0.4 is 26.7 Å². The second kappa shape index (κ2) is 4.82. The highest BCUT2D eigenvalue weighted by molar-refractivity contribution is 5.93. The lowest BCUT2D eigenvalue weighted by Crippen LogP contribution is -2.26. The van der Waals surface area contributed by atoms with Gasteiger partial charge in [-0.05, 0) is 18.6 Å². The van der Waals surface area contributed by atoms with E-state index < -0.39 is 0 Å². The largest absolute Gasteiger partial charge is 0.486 e. The molecule has 0 saturated carbocycles. The van der Waals surface area contributed by atoms with Gasteiger partial charge in [0.1, 0.15) is 13.2 Å². The molecule has 0 saturated heterocycles. The van der Waals surface area contributed by atoms with E-state index in [9.17, 15) is 0 Å². The van der Waals surface area contributed by atoms with Crippen LogP contribution in [-0.2, 0) is 0 Å². The summed E-state index contributed by atoms with van der Waals surface area (Å²) in [6.07, 6.45) is 0. The molecule has 0 bridgehead atoms. The quantitative estimate of drug-likeness (QED) is 0.477. The molecule has 1 aromatic rings. The predicted octanol–water partition coefficient (Wildman–Crippen LogP) is -0.0142. The molecule has 0 aliphatic carbocycles. The van der Waals surface area contributed by atoms with Crippen molar-refractivity contribution in [2.45, 2.75) is 6.92 Å². The van der Waals surface area contributed by atoms with Gasteiger partial charge in [-0.15, -0.1) is 0 Å². The van der Waals surface area contributed by atoms with Crippen LogP contribution in [0.3, 0.4) is 0 Å². The summed E-state index contributed by atoms with van der Waals surface area (Å²) in [5.41, 5.74) is 17.6. The summed E-state index contributed by atoms with van der Waals surface area (Å²) in [7, 11) is 0. The Morgan fingerprint density at radius 1 is 1.11 bits per heavy atom. The average molecular weight is 249 g/mol. The van der Waals surface area contributed by atoms with Gasteiger partial charge in [0.15, 0.2) is 17.5 Å². The van der Waals surface area contributed by atoms with Gasteiger partial charge in [0.05, 0.1) is 5.69 Å². The standard InChI is InChI=1S/C11H15N5O2/c1-6-4-8-9(18-3-2-17-8)5-7(6)15-11(14)16-10(12)13/h4-5H,2-3H2,1H3,(H6,12,13,14,15,16). The first kappa shape index (κ1) is 12.0. The van der Waals surface area contributed by atoms with E-state index in [1.807, 2.05) is 13.0 Å². The van der Waals surface area contributed by atoms with Crippen molar-refractivity contribution in [3.8, 4) is 11.5 Å². The van der Waals surface area contributed by atoms with Crippen molar-refractivity contribution in [3.63, 3.8) is 0 Å². The summed E-state index contributed by atoms with van der Waals surface area (Å²) >= 11 is 0. The molecule has 1 heterocycles. The number of hydrogen-bond donors (Lipinski definition) is 3. The molecule has 1 aliphatic heterocycles. The van der Waals surface area contributed by atoms with E-state index in [0.717, 1.165) is 5.56 Å². The Morgan fingerprint density at radius 3 is 2.33 bits per heavy atom. The third-order valence-corrected chi connectivity index (χ3v) is 2.34. The minimum absolute atomic E-state index is 0.00484. The van der Waals surface area contributed by atoms with Gasteiger partial charge in [0, 0.05) is 6.07 Å². The van der Waals surface area contributed by atoms with Crippen LogP contribution in [0.2, 0.25) is 0 Å². The fourth-order valence-electron chi connectivity index (χ4n) is 1.58. The van der Waals surface area contributed by atoms with E-state index in [-0.39, 0.29) is 11.9 Å².